The number of aliphatic hydroxyl groups is 2. The minimum absolute atomic E-state index is 0. The van der Waals surface area contributed by atoms with E-state index in [0.29, 0.717) is 0 Å². The summed E-state index contributed by atoms with van der Waals surface area (Å²) in [4.78, 5) is 0. The first kappa shape index (κ1) is 15.6. The van der Waals surface area contributed by atoms with E-state index in [-0.39, 0.29) is 35.6 Å². The van der Waals surface area contributed by atoms with E-state index in [9.17, 15) is 0 Å². The molecular formula is C4H12O2Ta. The second-order valence-corrected chi connectivity index (χ2v) is 0.632. The maximum absolute atomic E-state index is 7.57. The van der Waals surface area contributed by atoms with Gasteiger partial charge in [0.15, 0.2) is 0 Å². The van der Waals surface area contributed by atoms with Crippen LogP contribution in [-0.4, -0.2) is 23.4 Å². The van der Waals surface area contributed by atoms with Crippen LogP contribution in [-0.2, 0) is 22.4 Å². The predicted molar refractivity (Wildman–Crippen MR) is 25.5 cm³/mol. The van der Waals surface area contributed by atoms with Crippen molar-refractivity contribution in [3.63, 3.8) is 0 Å². The molecule has 0 aliphatic rings. The van der Waals surface area contributed by atoms with Crippen LogP contribution in [0.1, 0.15) is 13.8 Å². The van der Waals surface area contributed by atoms with Crippen molar-refractivity contribution >= 4 is 0 Å². The number of rotatable bonds is 0. The summed E-state index contributed by atoms with van der Waals surface area (Å²) in [6, 6.07) is 0. The van der Waals surface area contributed by atoms with Gasteiger partial charge in [0.25, 0.3) is 0 Å². The molecule has 0 bridgehead atoms. The van der Waals surface area contributed by atoms with Crippen molar-refractivity contribution in [3.05, 3.63) is 0 Å². The van der Waals surface area contributed by atoms with Gasteiger partial charge in [-0.15, -0.1) is 0 Å². The Kier molecular flexibility index (Phi) is 67.4. The Morgan fingerprint density at radius 1 is 1.00 bits per heavy atom. The standard InChI is InChI=1S/2C2H6O.Ta/c2*1-2-3;/h2*3H,2H2,1H3;. The van der Waals surface area contributed by atoms with Crippen molar-refractivity contribution in [1.29, 1.82) is 0 Å². The average Bonchev–Trinajstić information content (AvgIpc) is 1.39. The second-order valence-electron chi connectivity index (χ2n) is 0.632. The van der Waals surface area contributed by atoms with Crippen LogP contribution in [0.5, 0.6) is 0 Å². The fourth-order valence-corrected chi connectivity index (χ4v) is 0. The Labute approximate surface area is 60.1 Å². The summed E-state index contributed by atoms with van der Waals surface area (Å²) < 4.78 is 0. The summed E-state index contributed by atoms with van der Waals surface area (Å²) in [5, 5.41) is 15.1. The summed E-state index contributed by atoms with van der Waals surface area (Å²) >= 11 is 0. The number of hydrogen-bond donors (Lipinski definition) is 2. The van der Waals surface area contributed by atoms with E-state index in [1.165, 1.54) is 0 Å². The molecule has 0 saturated carbocycles. The van der Waals surface area contributed by atoms with Crippen LogP contribution in [0, 0.1) is 0 Å². The zero-order valence-electron chi connectivity index (χ0n) is 4.76. The molecule has 0 aliphatic heterocycles. The van der Waals surface area contributed by atoms with Crippen LogP contribution < -0.4 is 0 Å². The maximum Gasteiger partial charge on any atom is 0.0402 e. The van der Waals surface area contributed by atoms with Crippen molar-refractivity contribution in [2.24, 2.45) is 0 Å². The minimum atomic E-state index is 0. The van der Waals surface area contributed by atoms with Crippen molar-refractivity contribution < 1.29 is 32.6 Å². The zero-order valence-corrected chi connectivity index (χ0v) is 7.97. The Morgan fingerprint density at radius 2 is 1.00 bits per heavy atom. The van der Waals surface area contributed by atoms with Gasteiger partial charge in [-0.2, -0.15) is 0 Å². The van der Waals surface area contributed by atoms with E-state index in [4.69, 9.17) is 10.2 Å². The Hall–Kier alpha value is 0.660. The first-order chi connectivity index (χ1) is 2.83. The monoisotopic (exact) mass is 273 g/mol. The SMILES string of the molecule is CCO.CCO.[Ta]. The van der Waals surface area contributed by atoms with E-state index in [0.717, 1.165) is 0 Å². The Bertz CT molecular complexity index is 11.7. The van der Waals surface area contributed by atoms with Crippen molar-refractivity contribution in [2.75, 3.05) is 13.2 Å². The molecule has 0 aromatic carbocycles. The van der Waals surface area contributed by atoms with E-state index in [2.05, 4.69) is 0 Å². The third-order valence-electron chi connectivity index (χ3n) is 0. The van der Waals surface area contributed by atoms with Crippen LogP contribution in [0.15, 0.2) is 0 Å². The van der Waals surface area contributed by atoms with E-state index in [1.54, 1.807) is 13.8 Å². The van der Waals surface area contributed by atoms with Crippen molar-refractivity contribution in [2.45, 2.75) is 13.8 Å². The van der Waals surface area contributed by atoms with Crippen molar-refractivity contribution in [3.8, 4) is 0 Å². The largest absolute Gasteiger partial charge is 0.397 e. The maximum atomic E-state index is 7.57. The molecule has 2 nitrogen and oxygen atoms in total. The molecule has 0 atom stereocenters. The molecule has 0 amide bonds. The van der Waals surface area contributed by atoms with Crippen LogP contribution in [0.2, 0.25) is 0 Å². The molecule has 0 unspecified atom stereocenters. The van der Waals surface area contributed by atoms with Gasteiger partial charge in [0.2, 0.25) is 0 Å². The molecule has 0 saturated heterocycles. The van der Waals surface area contributed by atoms with Gasteiger partial charge in [-0.25, -0.2) is 0 Å². The average molecular weight is 273 g/mol. The van der Waals surface area contributed by atoms with Crippen LogP contribution in [0.3, 0.4) is 0 Å². The normalized spacial score (nSPS) is 5.14. The molecule has 0 spiro atoms. The van der Waals surface area contributed by atoms with Gasteiger partial charge in [0, 0.05) is 35.6 Å². The predicted octanol–water partition coefficient (Wildman–Crippen LogP) is -0.00530. The molecule has 45 valence electrons. The van der Waals surface area contributed by atoms with Gasteiger partial charge in [0.1, 0.15) is 0 Å². The van der Waals surface area contributed by atoms with Gasteiger partial charge in [-0.3, -0.25) is 0 Å². The first-order valence-electron chi connectivity index (χ1n) is 2.05. The van der Waals surface area contributed by atoms with Crippen molar-refractivity contribution in [1.82, 2.24) is 0 Å². The summed E-state index contributed by atoms with van der Waals surface area (Å²) in [7, 11) is 0. The molecular weight excluding hydrogens is 261 g/mol. The van der Waals surface area contributed by atoms with E-state index < -0.39 is 0 Å². The van der Waals surface area contributed by atoms with Gasteiger partial charge >= 0.3 is 0 Å². The van der Waals surface area contributed by atoms with Gasteiger partial charge in [-0.05, 0) is 13.8 Å². The second kappa shape index (κ2) is 30.2. The third-order valence-corrected chi connectivity index (χ3v) is 0. The number of hydrogen-bond acceptors (Lipinski definition) is 2. The zero-order chi connectivity index (χ0) is 5.41. The van der Waals surface area contributed by atoms with Crippen LogP contribution in [0.4, 0.5) is 0 Å². The summed E-state index contributed by atoms with van der Waals surface area (Å²) in [6.07, 6.45) is 0. The van der Waals surface area contributed by atoms with E-state index in [1.807, 2.05) is 0 Å². The molecule has 0 rings (SSSR count). The smallest absolute Gasteiger partial charge is 0.0402 e. The molecule has 0 aromatic rings. The topological polar surface area (TPSA) is 40.5 Å². The van der Waals surface area contributed by atoms with Gasteiger partial charge in [0.05, 0.1) is 0 Å². The molecule has 0 fully saturated rings. The molecule has 3 heteroatoms. The summed E-state index contributed by atoms with van der Waals surface area (Å²) in [6.45, 7) is 3.86. The molecule has 2 N–H and O–H groups in total. The summed E-state index contributed by atoms with van der Waals surface area (Å²) in [5.74, 6) is 0. The molecule has 7 heavy (non-hydrogen) atoms. The molecule has 1 radical (unpaired) electrons. The Balaban J connectivity index is -0.0000000400. The minimum Gasteiger partial charge on any atom is -0.397 e. The third kappa shape index (κ3) is 332. The Morgan fingerprint density at radius 3 is 1.00 bits per heavy atom. The quantitative estimate of drug-likeness (QED) is 0.652. The first-order valence-corrected chi connectivity index (χ1v) is 2.05. The molecule has 0 heterocycles. The fourth-order valence-electron chi connectivity index (χ4n) is 0. The molecule has 0 aliphatic carbocycles. The van der Waals surface area contributed by atoms with Gasteiger partial charge < -0.3 is 10.2 Å². The van der Waals surface area contributed by atoms with Crippen LogP contribution >= 0.6 is 0 Å². The molecule has 0 aromatic heterocycles. The summed E-state index contributed by atoms with van der Waals surface area (Å²) in [5.41, 5.74) is 0. The van der Waals surface area contributed by atoms with Crippen LogP contribution in [0.25, 0.3) is 0 Å². The van der Waals surface area contributed by atoms with Gasteiger partial charge in [-0.1, -0.05) is 0 Å². The number of aliphatic hydroxyl groups excluding tert-OH is 2. The fraction of sp³-hybridized carbons (Fsp3) is 1.00. The van der Waals surface area contributed by atoms with E-state index >= 15 is 0 Å².